The summed E-state index contributed by atoms with van der Waals surface area (Å²) >= 11 is 3.20. The molecule has 0 fully saturated rings. The van der Waals surface area contributed by atoms with E-state index in [1.54, 1.807) is 15.9 Å². The van der Waals surface area contributed by atoms with E-state index >= 15 is 0 Å². The minimum Gasteiger partial charge on any atom is -0.503 e. The number of aromatic hydroxyl groups is 1. The van der Waals surface area contributed by atoms with E-state index in [2.05, 4.69) is 16.1 Å². The predicted molar refractivity (Wildman–Crippen MR) is 37.4 cm³/mol. The van der Waals surface area contributed by atoms with Crippen LogP contribution in [-0.2, 0) is 0 Å². The van der Waals surface area contributed by atoms with E-state index in [-0.39, 0.29) is 5.75 Å². The second-order valence-corrected chi connectivity index (χ2v) is 2.60. The summed E-state index contributed by atoms with van der Waals surface area (Å²) in [7, 11) is 0. The summed E-state index contributed by atoms with van der Waals surface area (Å²) in [4.78, 5) is 0. The quantitative estimate of drug-likeness (QED) is 0.650. The molecule has 0 amide bonds. The Balaban J connectivity index is 3.17. The van der Waals surface area contributed by atoms with Crippen molar-refractivity contribution >= 4 is 16.1 Å². The van der Waals surface area contributed by atoms with Crippen LogP contribution < -0.4 is 3.59 Å². The third-order valence-electron chi connectivity index (χ3n) is 1.08. The van der Waals surface area contributed by atoms with Gasteiger partial charge < -0.3 is 5.11 Å². The van der Waals surface area contributed by atoms with Crippen LogP contribution in [0.3, 0.4) is 0 Å². The number of aromatic nitrogens is 1. The molecule has 1 N–H and O–H groups in total. The Hall–Kier alpha value is -0.570. The van der Waals surface area contributed by atoms with E-state index in [0.29, 0.717) is 0 Å². The largest absolute Gasteiger partial charge is 0.503 e. The Morgan fingerprint density at radius 3 is 2.67 bits per heavy atom. The predicted octanol–water partition coefficient (Wildman–Crippen LogP) is 1.15. The molecule has 48 valence electrons. The van der Waals surface area contributed by atoms with Crippen molar-refractivity contribution in [3.05, 3.63) is 24.0 Å². The first-order valence-corrected chi connectivity index (χ1v) is 3.28. The number of halogens is 1. The molecule has 0 aliphatic heterocycles. The van der Waals surface area contributed by atoms with Gasteiger partial charge in [-0.25, -0.2) is 0 Å². The van der Waals surface area contributed by atoms with Crippen molar-refractivity contribution < 1.29 is 8.70 Å². The molecular formula is C6H7BrNO+. The second kappa shape index (κ2) is 2.35. The molecule has 0 saturated carbocycles. The first-order chi connectivity index (χ1) is 4.20. The van der Waals surface area contributed by atoms with E-state index in [0.717, 1.165) is 5.69 Å². The van der Waals surface area contributed by atoms with Gasteiger partial charge in [-0.2, -0.15) is 0 Å². The normalized spacial score (nSPS) is 9.56. The highest BCUT2D eigenvalue weighted by Crippen LogP contribution is 2.03. The lowest BCUT2D eigenvalue weighted by molar-refractivity contribution is -0.482. The van der Waals surface area contributed by atoms with Crippen molar-refractivity contribution in [2.24, 2.45) is 0 Å². The number of hydrogen-bond acceptors (Lipinski definition) is 1. The second-order valence-electron chi connectivity index (χ2n) is 1.84. The molecule has 1 rings (SSSR count). The van der Waals surface area contributed by atoms with Crippen LogP contribution in [0.25, 0.3) is 0 Å². The van der Waals surface area contributed by atoms with Crippen molar-refractivity contribution in [2.75, 3.05) is 0 Å². The van der Waals surface area contributed by atoms with E-state index in [1.807, 2.05) is 13.0 Å². The molecule has 9 heavy (non-hydrogen) atoms. The molecule has 0 bridgehead atoms. The molecule has 0 aliphatic rings. The van der Waals surface area contributed by atoms with Crippen LogP contribution in [0.1, 0.15) is 5.69 Å². The molecular weight excluding hydrogens is 182 g/mol. The zero-order valence-corrected chi connectivity index (χ0v) is 6.59. The van der Waals surface area contributed by atoms with Gasteiger partial charge in [-0.05, 0) is 6.07 Å². The number of rotatable bonds is 0. The summed E-state index contributed by atoms with van der Waals surface area (Å²) in [6.07, 6.45) is 1.59. The number of nitrogens with zero attached hydrogens (tertiary/aromatic N) is 1. The van der Waals surface area contributed by atoms with E-state index in [4.69, 9.17) is 5.11 Å². The van der Waals surface area contributed by atoms with Crippen molar-refractivity contribution in [3.8, 4) is 5.75 Å². The Kier molecular flexibility index (Phi) is 1.71. The highest BCUT2D eigenvalue weighted by Gasteiger charge is 2.01. The van der Waals surface area contributed by atoms with E-state index < -0.39 is 0 Å². The van der Waals surface area contributed by atoms with Gasteiger partial charge in [0.2, 0.25) is 6.20 Å². The first kappa shape index (κ1) is 6.55. The Labute approximate surface area is 62.1 Å². The van der Waals surface area contributed by atoms with Crippen molar-refractivity contribution in [3.63, 3.8) is 0 Å². The van der Waals surface area contributed by atoms with Crippen LogP contribution in [0.4, 0.5) is 0 Å². The molecule has 0 aliphatic carbocycles. The fourth-order valence-corrected chi connectivity index (χ4v) is 0.866. The minimum absolute atomic E-state index is 0.262. The van der Waals surface area contributed by atoms with Crippen molar-refractivity contribution in [1.82, 2.24) is 0 Å². The van der Waals surface area contributed by atoms with Gasteiger partial charge in [-0.1, -0.05) is 0 Å². The summed E-state index contributed by atoms with van der Waals surface area (Å²) in [5.74, 6) is 0.262. The lowest BCUT2D eigenvalue weighted by Crippen LogP contribution is -2.21. The van der Waals surface area contributed by atoms with Gasteiger partial charge >= 0.3 is 16.1 Å². The maximum absolute atomic E-state index is 8.89. The standard InChI is InChI=1S/C6H6BrNO/c1-5-2-3-6(9)4-8(5)7/h2-4H,1H3/p+1. The van der Waals surface area contributed by atoms with Crippen molar-refractivity contribution in [2.45, 2.75) is 6.92 Å². The van der Waals surface area contributed by atoms with E-state index in [9.17, 15) is 0 Å². The summed E-state index contributed by atoms with van der Waals surface area (Å²) < 4.78 is 1.68. The molecule has 1 aromatic heterocycles. The average Bonchev–Trinajstić information content (AvgIpc) is 1.80. The maximum atomic E-state index is 8.89. The van der Waals surface area contributed by atoms with Gasteiger partial charge in [0, 0.05) is 13.0 Å². The van der Waals surface area contributed by atoms with Gasteiger partial charge in [0.05, 0.1) is 0 Å². The van der Waals surface area contributed by atoms with Gasteiger partial charge in [-0.15, -0.1) is 3.59 Å². The summed E-state index contributed by atoms with van der Waals surface area (Å²) in [5, 5.41) is 8.89. The lowest BCUT2D eigenvalue weighted by Gasteiger charge is -1.88. The van der Waals surface area contributed by atoms with Gasteiger partial charge in [0.1, 0.15) is 0 Å². The fourth-order valence-electron chi connectivity index (χ4n) is 0.538. The fraction of sp³-hybridized carbons (Fsp3) is 0.167. The molecule has 0 spiro atoms. The van der Waals surface area contributed by atoms with Gasteiger partial charge in [-0.3, -0.25) is 0 Å². The third kappa shape index (κ3) is 1.42. The Morgan fingerprint density at radius 1 is 1.56 bits per heavy atom. The number of hydrogen-bond donors (Lipinski definition) is 1. The topological polar surface area (TPSA) is 24.1 Å². The first-order valence-electron chi connectivity index (χ1n) is 2.57. The molecule has 2 nitrogen and oxygen atoms in total. The molecule has 0 radical (unpaired) electrons. The monoisotopic (exact) mass is 188 g/mol. The number of aryl methyl sites for hydroxylation is 1. The highest BCUT2D eigenvalue weighted by molar-refractivity contribution is 9.04. The maximum Gasteiger partial charge on any atom is 0.332 e. The Bertz CT molecular complexity index is 224. The Morgan fingerprint density at radius 2 is 2.22 bits per heavy atom. The smallest absolute Gasteiger partial charge is 0.332 e. The summed E-state index contributed by atoms with van der Waals surface area (Å²) in [5.41, 5.74) is 1.05. The summed E-state index contributed by atoms with van der Waals surface area (Å²) in [6.45, 7) is 1.94. The van der Waals surface area contributed by atoms with Crippen LogP contribution in [0, 0.1) is 6.92 Å². The molecule has 0 aromatic carbocycles. The third-order valence-corrected chi connectivity index (χ3v) is 1.84. The SMILES string of the molecule is Cc1ccc(O)c[n+]1Br. The van der Waals surface area contributed by atoms with Crippen LogP contribution in [-0.4, -0.2) is 5.11 Å². The highest BCUT2D eigenvalue weighted by atomic mass is 79.9. The number of pyridine rings is 1. The van der Waals surface area contributed by atoms with Crippen LogP contribution in [0.5, 0.6) is 5.75 Å². The lowest BCUT2D eigenvalue weighted by atomic mass is 10.4. The molecule has 1 aromatic rings. The molecule has 0 atom stereocenters. The molecule has 1 heterocycles. The van der Waals surface area contributed by atoms with Gasteiger partial charge in [0.15, 0.2) is 11.4 Å². The van der Waals surface area contributed by atoms with E-state index in [1.165, 1.54) is 0 Å². The van der Waals surface area contributed by atoms with Crippen LogP contribution in [0.15, 0.2) is 18.3 Å². The minimum atomic E-state index is 0.262. The molecule has 0 saturated heterocycles. The summed E-state index contributed by atoms with van der Waals surface area (Å²) in [6, 6.07) is 3.47. The van der Waals surface area contributed by atoms with Crippen LogP contribution >= 0.6 is 16.1 Å². The van der Waals surface area contributed by atoms with Crippen LogP contribution in [0.2, 0.25) is 0 Å². The van der Waals surface area contributed by atoms with Crippen molar-refractivity contribution in [1.29, 1.82) is 0 Å². The van der Waals surface area contributed by atoms with Gasteiger partial charge in [0.25, 0.3) is 0 Å². The molecule has 3 heteroatoms. The molecule has 0 unspecified atom stereocenters. The average molecular weight is 189 g/mol. The zero-order valence-electron chi connectivity index (χ0n) is 5.00. The zero-order chi connectivity index (χ0) is 6.85.